The minimum absolute atomic E-state index is 0.168. The van der Waals surface area contributed by atoms with E-state index in [9.17, 15) is 9.59 Å². The number of carbonyl (C=O) groups is 2. The maximum absolute atomic E-state index is 11.9. The average molecular weight is 430 g/mol. The quantitative estimate of drug-likeness (QED) is 0.320. The molecule has 4 rings (SSSR count). The second-order valence-electron chi connectivity index (χ2n) is 7.24. The second-order valence-corrected chi connectivity index (χ2v) is 7.24. The highest BCUT2D eigenvalue weighted by molar-refractivity contribution is 6.00. The van der Waals surface area contributed by atoms with Gasteiger partial charge in [0.1, 0.15) is 5.76 Å². The van der Waals surface area contributed by atoms with Crippen LogP contribution in [0, 0.1) is 6.92 Å². The monoisotopic (exact) mass is 430 g/mol. The average Bonchev–Trinajstić information content (AvgIpc) is 3.43. The molecule has 0 saturated heterocycles. The Morgan fingerprint density at radius 3 is 2.59 bits per heavy atom. The third kappa shape index (κ3) is 4.18. The summed E-state index contributed by atoms with van der Waals surface area (Å²) in [5.41, 5.74) is 4.02. The van der Waals surface area contributed by atoms with Gasteiger partial charge < -0.3 is 18.5 Å². The van der Waals surface area contributed by atoms with E-state index in [0.29, 0.717) is 23.6 Å². The first-order chi connectivity index (χ1) is 15.5. The van der Waals surface area contributed by atoms with Gasteiger partial charge in [-0.3, -0.25) is 4.99 Å². The Morgan fingerprint density at radius 2 is 1.81 bits per heavy atom. The Bertz CT molecular complexity index is 1330. The number of nitrogens with zero attached hydrogens (tertiary/aromatic N) is 2. The summed E-state index contributed by atoms with van der Waals surface area (Å²) in [6, 6.07) is 16.6. The van der Waals surface area contributed by atoms with Crippen molar-refractivity contribution >= 4 is 34.7 Å². The molecular weight excluding hydrogens is 408 g/mol. The summed E-state index contributed by atoms with van der Waals surface area (Å²) in [5, 5.41) is 1.03. The molecule has 162 valence electrons. The Kier molecular flexibility index (Phi) is 5.89. The number of hydrogen-bond donors (Lipinski definition) is 0. The van der Waals surface area contributed by atoms with E-state index >= 15 is 0 Å². The molecule has 0 amide bonds. The third-order valence-corrected chi connectivity index (χ3v) is 5.17. The lowest BCUT2D eigenvalue weighted by Gasteiger charge is -2.03. The molecule has 2 aromatic carbocycles. The van der Waals surface area contributed by atoms with Crippen molar-refractivity contribution in [1.29, 1.82) is 0 Å². The van der Waals surface area contributed by atoms with Crippen LogP contribution in [0.2, 0.25) is 0 Å². The zero-order valence-electron chi connectivity index (χ0n) is 18.0. The Balaban J connectivity index is 1.67. The van der Waals surface area contributed by atoms with Crippen LogP contribution in [-0.2, 0) is 16.0 Å². The van der Waals surface area contributed by atoms with Gasteiger partial charge in [0, 0.05) is 28.9 Å². The van der Waals surface area contributed by atoms with Crippen molar-refractivity contribution in [2.75, 3.05) is 14.2 Å². The Labute approximate surface area is 184 Å². The number of furan rings is 1. The molecule has 0 saturated carbocycles. The van der Waals surface area contributed by atoms with Gasteiger partial charge in [-0.25, -0.2) is 9.59 Å². The number of para-hydroxylation sites is 1. The molecule has 0 aliphatic heterocycles. The summed E-state index contributed by atoms with van der Waals surface area (Å²) in [6.45, 7) is 2.38. The smallest absolute Gasteiger partial charge is 0.373 e. The van der Waals surface area contributed by atoms with Crippen LogP contribution in [0.5, 0.6) is 0 Å². The molecular formula is C25H22N2O5. The fourth-order valence-corrected chi connectivity index (χ4v) is 3.48. The minimum Gasteiger partial charge on any atom is -0.465 e. The molecule has 2 aromatic heterocycles. The number of carbonyl (C=O) groups excluding carboxylic acids is 2. The van der Waals surface area contributed by atoms with E-state index in [1.165, 1.54) is 14.2 Å². The molecule has 2 heterocycles. The van der Waals surface area contributed by atoms with Crippen LogP contribution in [0.25, 0.3) is 10.9 Å². The van der Waals surface area contributed by atoms with E-state index in [0.717, 1.165) is 22.0 Å². The Hall–Kier alpha value is -4.13. The number of rotatable bonds is 6. The highest BCUT2D eigenvalue weighted by Gasteiger charge is 2.13. The number of hydrogen-bond acceptors (Lipinski definition) is 6. The van der Waals surface area contributed by atoms with Gasteiger partial charge in [0.05, 0.1) is 32.0 Å². The molecule has 0 atom stereocenters. The lowest BCUT2D eigenvalue weighted by molar-refractivity contribution is 0.0561. The van der Waals surface area contributed by atoms with Gasteiger partial charge in [0.25, 0.3) is 0 Å². The molecule has 0 bridgehead atoms. The summed E-state index contributed by atoms with van der Waals surface area (Å²) in [7, 11) is 2.67. The standard InChI is InChI=1S/C25H22N2O5/c1-16-8-9-17(24(28)30-2)12-21(16)26-13-18-14-27(22-7-5-4-6-20(18)22)15-19-10-11-23(32-19)25(29)31-3/h4-14H,15H2,1-3H3. The predicted octanol–water partition coefficient (Wildman–Crippen LogP) is 4.91. The molecule has 0 radical (unpaired) electrons. The van der Waals surface area contributed by atoms with Crippen molar-refractivity contribution in [3.05, 3.63) is 89.0 Å². The molecule has 0 fully saturated rings. The van der Waals surface area contributed by atoms with E-state index in [1.54, 1.807) is 30.5 Å². The summed E-state index contributed by atoms with van der Waals surface area (Å²) >= 11 is 0. The molecule has 0 spiro atoms. The SMILES string of the molecule is COC(=O)c1ccc(C)c(N=Cc2cn(Cc3ccc(C(=O)OC)o3)c3ccccc23)c1. The molecule has 4 aromatic rings. The van der Waals surface area contributed by atoms with Crippen molar-refractivity contribution in [3.8, 4) is 0 Å². The lowest BCUT2D eigenvalue weighted by atomic mass is 10.1. The van der Waals surface area contributed by atoms with Crippen LogP contribution in [0.3, 0.4) is 0 Å². The number of aliphatic imine (C=N–C) groups is 1. The van der Waals surface area contributed by atoms with Gasteiger partial charge in [0.15, 0.2) is 0 Å². The van der Waals surface area contributed by atoms with E-state index in [-0.39, 0.29) is 5.76 Å². The van der Waals surface area contributed by atoms with E-state index in [4.69, 9.17) is 13.9 Å². The Morgan fingerprint density at radius 1 is 1.03 bits per heavy atom. The summed E-state index contributed by atoms with van der Waals surface area (Å²) in [6.07, 6.45) is 3.76. The van der Waals surface area contributed by atoms with Crippen LogP contribution >= 0.6 is 0 Å². The molecule has 7 nitrogen and oxygen atoms in total. The second kappa shape index (κ2) is 8.93. The first-order valence-corrected chi connectivity index (χ1v) is 9.98. The molecule has 0 aliphatic carbocycles. The third-order valence-electron chi connectivity index (χ3n) is 5.17. The first kappa shape index (κ1) is 21.1. The zero-order valence-corrected chi connectivity index (χ0v) is 18.0. The van der Waals surface area contributed by atoms with Gasteiger partial charge in [0.2, 0.25) is 5.76 Å². The van der Waals surface area contributed by atoms with E-state index < -0.39 is 11.9 Å². The lowest BCUT2D eigenvalue weighted by Crippen LogP contribution is -2.00. The predicted molar refractivity (Wildman–Crippen MR) is 121 cm³/mol. The van der Waals surface area contributed by atoms with E-state index in [1.807, 2.05) is 48.0 Å². The number of benzene rings is 2. The number of ether oxygens (including phenoxy) is 2. The van der Waals surface area contributed by atoms with Crippen molar-refractivity contribution in [1.82, 2.24) is 4.57 Å². The minimum atomic E-state index is -0.508. The molecule has 32 heavy (non-hydrogen) atoms. The number of esters is 2. The molecule has 7 heteroatoms. The zero-order chi connectivity index (χ0) is 22.7. The van der Waals surface area contributed by atoms with Gasteiger partial charge in [-0.05, 0) is 42.8 Å². The van der Waals surface area contributed by atoms with Crippen LogP contribution < -0.4 is 0 Å². The fraction of sp³-hybridized carbons (Fsp3) is 0.160. The van der Waals surface area contributed by atoms with Crippen molar-refractivity contribution in [3.63, 3.8) is 0 Å². The number of methoxy groups -OCH3 is 2. The van der Waals surface area contributed by atoms with Crippen LogP contribution in [0.4, 0.5) is 5.69 Å². The summed E-state index contributed by atoms with van der Waals surface area (Å²) < 4.78 is 17.2. The normalized spacial score (nSPS) is 11.2. The summed E-state index contributed by atoms with van der Waals surface area (Å²) in [4.78, 5) is 28.1. The van der Waals surface area contributed by atoms with Gasteiger partial charge in [-0.15, -0.1) is 0 Å². The van der Waals surface area contributed by atoms with Crippen molar-refractivity contribution in [2.24, 2.45) is 4.99 Å². The first-order valence-electron chi connectivity index (χ1n) is 9.98. The molecule has 0 unspecified atom stereocenters. The van der Waals surface area contributed by atoms with Crippen LogP contribution in [0.1, 0.15) is 37.8 Å². The number of aryl methyl sites for hydroxylation is 1. The number of fused-ring (bicyclic) bond motifs is 1. The largest absolute Gasteiger partial charge is 0.465 e. The van der Waals surface area contributed by atoms with Crippen molar-refractivity contribution < 1.29 is 23.5 Å². The molecule has 0 aliphatic rings. The fourth-order valence-electron chi connectivity index (χ4n) is 3.48. The van der Waals surface area contributed by atoms with Gasteiger partial charge in [-0.2, -0.15) is 0 Å². The van der Waals surface area contributed by atoms with E-state index in [2.05, 4.69) is 4.99 Å². The topological polar surface area (TPSA) is 83.0 Å². The van der Waals surface area contributed by atoms with Gasteiger partial charge in [-0.1, -0.05) is 24.3 Å². The maximum Gasteiger partial charge on any atom is 0.373 e. The maximum atomic E-state index is 11.9. The van der Waals surface area contributed by atoms with Crippen molar-refractivity contribution in [2.45, 2.75) is 13.5 Å². The van der Waals surface area contributed by atoms with Gasteiger partial charge >= 0.3 is 11.9 Å². The summed E-state index contributed by atoms with van der Waals surface area (Å²) in [5.74, 6) is -0.105. The highest BCUT2D eigenvalue weighted by atomic mass is 16.5. The van der Waals surface area contributed by atoms with Crippen LogP contribution in [0.15, 0.2) is 70.2 Å². The number of aromatic nitrogens is 1. The molecule has 0 N–H and O–H groups in total. The van der Waals surface area contributed by atoms with Crippen LogP contribution in [-0.4, -0.2) is 36.9 Å². The highest BCUT2D eigenvalue weighted by Crippen LogP contribution is 2.25.